The van der Waals surface area contributed by atoms with E-state index in [1.165, 1.54) is 0 Å². The third kappa shape index (κ3) is 2.09. The van der Waals surface area contributed by atoms with Gasteiger partial charge in [-0.05, 0) is 0 Å². The van der Waals surface area contributed by atoms with Gasteiger partial charge in [-0.25, -0.2) is 13.8 Å². The molecule has 0 amide bonds. The summed E-state index contributed by atoms with van der Waals surface area (Å²) in [7, 11) is 0. The molecule has 13 heavy (non-hydrogen) atoms. The Kier molecular flexibility index (Phi) is 2.72. The number of pyridine rings is 1. The van der Waals surface area contributed by atoms with Crippen LogP contribution in [0.4, 0.5) is 14.5 Å². The average molecular weight is 209 g/mol. The minimum atomic E-state index is -2.93. The Hall–Kier alpha value is -1.30. The van der Waals surface area contributed by atoms with Crippen LogP contribution in [0.5, 0.6) is 0 Å². The first-order valence-electron chi connectivity index (χ1n) is 3.10. The first-order chi connectivity index (χ1) is 6.02. The SMILES string of the molecule is O=[N+]([O-])c1cc(Cl)ncc1C(F)F. The molecular weight excluding hydrogens is 206 g/mol. The number of rotatable bonds is 2. The van der Waals surface area contributed by atoms with Gasteiger partial charge in [0.1, 0.15) is 10.7 Å². The van der Waals surface area contributed by atoms with Crippen LogP contribution in [0.3, 0.4) is 0 Å². The molecule has 70 valence electrons. The van der Waals surface area contributed by atoms with Crippen molar-refractivity contribution >= 4 is 17.3 Å². The Morgan fingerprint density at radius 1 is 1.62 bits per heavy atom. The molecule has 0 fully saturated rings. The van der Waals surface area contributed by atoms with Gasteiger partial charge in [0, 0.05) is 6.20 Å². The first kappa shape index (κ1) is 9.79. The molecular formula is C6H3ClF2N2O2. The maximum absolute atomic E-state index is 12.1. The summed E-state index contributed by atoms with van der Waals surface area (Å²) < 4.78 is 24.3. The summed E-state index contributed by atoms with van der Waals surface area (Å²) in [4.78, 5) is 12.7. The van der Waals surface area contributed by atoms with Crippen molar-refractivity contribution in [2.75, 3.05) is 0 Å². The summed E-state index contributed by atoms with van der Waals surface area (Å²) in [6.45, 7) is 0. The van der Waals surface area contributed by atoms with Gasteiger partial charge in [-0.3, -0.25) is 10.1 Å². The molecule has 4 nitrogen and oxygen atoms in total. The van der Waals surface area contributed by atoms with Gasteiger partial charge in [-0.2, -0.15) is 0 Å². The van der Waals surface area contributed by atoms with E-state index in [2.05, 4.69) is 4.98 Å². The third-order valence-corrected chi connectivity index (χ3v) is 1.52. The van der Waals surface area contributed by atoms with Gasteiger partial charge >= 0.3 is 0 Å². The van der Waals surface area contributed by atoms with Crippen LogP contribution in [0.1, 0.15) is 12.0 Å². The first-order valence-corrected chi connectivity index (χ1v) is 3.48. The van der Waals surface area contributed by atoms with Crippen LogP contribution >= 0.6 is 11.6 Å². The lowest BCUT2D eigenvalue weighted by Gasteiger charge is -2.00. The zero-order chi connectivity index (χ0) is 10.0. The second-order valence-electron chi connectivity index (χ2n) is 2.12. The van der Waals surface area contributed by atoms with E-state index in [0.29, 0.717) is 6.20 Å². The molecule has 0 unspecified atom stereocenters. The van der Waals surface area contributed by atoms with E-state index < -0.39 is 22.6 Å². The fraction of sp³-hybridized carbons (Fsp3) is 0.167. The fourth-order valence-electron chi connectivity index (χ4n) is 0.757. The maximum atomic E-state index is 12.1. The Balaban J connectivity index is 3.27. The summed E-state index contributed by atoms with van der Waals surface area (Å²) >= 11 is 5.31. The fourth-order valence-corrected chi connectivity index (χ4v) is 0.909. The highest BCUT2D eigenvalue weighted by molar-refractivity contribution is 6.29. The predicted octanol–water partition coefficient (Wildman–Crippen LogP) is 2.58. The minimum absolute atomic E-state index is 0.184. The number of aromatic nitrogens is 1. The predicted molar refractivity (Wildman–Crippen MR) is 40.9 cm³/mol. The van der Waals surface area contributed by atoms with Gasteiger partial charge < -0.3 is 0 Å². The van der Waals surface area contributed by atoms with Crippen LogP contribution in [0, 0.1) is 10.1 Å². The lowest BCUT2D eigenvalue weighted by Crippen LogP contribution is -1.96. The molecule has 0 spiro atoms. The van der Waals surface area contributed by atoms with E-state index in [1.807, 2.05) is 0 Å². The summed E-state index contributed by atoms with van der Waals surface area (Å²) in [5.41, 5.74) is -1.44. The third-order valence-electron chi connectivity index (χ3n) is 1.31. The van der Waals surface area contributed by atoms with Crippen molar-refractivity contribution in [1.29, 1.82) is 0 Å². The summed E-state index contributed by atoms with van der Waals surface area (Å²) in [6.07, 6.45) is -2.23. The molecule has 0 saturated heterocycles. The van der Waals surface area contributed by atoms with E-state index >= 15 is 0 Å². The Bertz CT molecular complexity index is 345. The zero-order valence-electron chi connectivity index (χ0n) is 6.08. The van der Waals surface area contributed by atoms with Gasteiger partial charge in [0.05, 0.1) is 11.0 Å². The van der Waals surface area contributed by atoms with Crippen molar-refractivity contribution in [2.24, 2.45) is 0 Å². The molecule has 0 radical (unpaired) electrons. The molecule has 1 rings (SSSR count). The molecule has 0 aromatic carbocycles. The van der Waals surface area contributed by atoms with Gasteiger partial charge in [0.2, 0.25) is 0 Å². The van der Waals surface area contributed by atoms with E-state index in [-0.39, 0.29) is 5.15 Å². The standard InChI is InChI=1S/C6H3ClF2N2O2/c7-5-1-4(11(12)13)3(2-10-5)6(8)9/h1-2,6H. The van der Waals surface area contributed by atoms with Crippen LogP contribution in [0.15, 0.2) is 12.3 Å². The average Bonchev–Trinajstić information content (AvgIpc) is 2.03. The maximum Gasteiger partial charge on any atom is 0.282 e. The van der Waals surface area contributed by atoms with Crippen LogP contribution in [0.2, 0.25) is 5.15 Å². The lowest BCUT2D eigenvalue weighted by atomic mass is 10.2. The van der Waals surface area contributed by atoms with E-state index in [1.54, 1.807) is 0 Å². The molecule has 0 saturated carbocycles. The molecule has 0 aliphatic carbocycles. The molecule has 1 aromatic rings. The minimum Gasteiger partial charge on any atom is -0.258 e. The summed E-state index contributed by atoms with van der Waals surface area (Å²) in [5, 5.41) is 10.1. The molecule has 1 aromatic heterocycles. The lowest BCUT2D eigenvalue weighted by molar-refractivity contribution is -0.386. The zero-order valence-corrected chi connectivity index (χ0v) is 6.83. The van der Waals surface area contributed by atoms with Gasteiger partial charge in [-0.1, -0.05) is 11.6 Å². The highest BCUT2D eigenvalue weighted by Crippen LogP contribution is 2.29. The summed E-state index contributed by atoms with van der Waals surface area (Å²) in [6, 6.07) is 0.795. The van der Waals surface area contributed by atoms with E-state index in [9.17, 15) is 18.9 Å². The largest absolute Gasteiger partial charge is 0.282 e. The van der Waals surface area contributed by atoms with Crippen molar-refractivity contribution in [1.82, 2.24) is 4.98 Å². The molecule has 0 bridgehead atoms. The van der Waals surface area contributed by atoms with Crippen molar-refractivity contribution < 1.29 is 13.7 Å². The van der Waals surface area contributed by atoms with Crippen LogP contribution in [0.25, 0.3) is 0 Å². The van der Waals surface area contributed by atoms with Crippen LogP contribution < -0.4 is 0 Å². The molecule has 7 heteroatoms. The molecule has 0 atom stereocenters. The molecule has 0 aliphatic rings. The molecule has 1 heterocycles. The second kappa shape index (κ2) is 3.61. The number of hydrogen-bond donors (Lipinski definition) is 0. The van der Waals surface area contributed by atoms with Gasteiger partial charge in [0.15, 0.2) is 0 Å². The van der Waals surface area contributed by atoms with Crippen LogP contribution in [-0.4, -0.2) is 9.91 Å². The second-order valence-corrected chi connectivity index (χ2v) is 2.51. The number of nitro groups is 1. The topological polar surface area (TPSA) is 56.0 Å². The number of nitrogens with zero attached hydrogens (tertiary/aromatic N) is 2. The van der Waals surface area contributed by atoms with Gasteiger partial charge in [-0.15, -0.1) is 0 Å². The van der Waals surface area contributed by atoms with Crippen molar-refractivity contribution in [2.45, 2.75) is 6.43 Å². The molecule has 0 N–H and O–H groups in total. The van der Waals surface area contributed by atoms with Crippen LogP contribution in [-0.2, 0) is 0 Å². The van der Waals surface area contributed by atoms with Crippen molar-refractivity contribution in [3.63, 3.8) is 0 Å². The number of hydrogen-bond acceptors (Lipinski definition) is 3. The monoisotopic (exact) mass is 208 g/mol. The molecule has 0 aliphatic heterocycles. The van der Waals surface area contributed by atoms with Crippen molar-refractivity contribution in [3.8, 4) is 0 Å². The Morgan fingerprint density at radius 2 is 2.23 bits per heavy atom. The quantitative estimate of drug-likeness (QED) is 0.426. The normalized spacial score (nSPS) is 10.5. The Labute approximate surface area is 76.3 Å². The van der Waals surface area contributed by atoms with E-state index in [4.69, 9.17) is 11.6 Å². The summed E-state index contributed by atoms with van der Waals surface area (Å²) in [5.74, 6) is 0. The Morgan fingerprint density at radius 3 is 2.69 bits per heavy atom. The van der Waals surface area contributed by atoms with Gasteiger partial charge in [0.25, 0.3) is 12.1 Å². The highest BCUT2D eigenvalue weighted by Gasteiger charge is 2.22. The van der Waals surface area contributed by atoms with Crippen molar-refractivity contribution in [3.05, 3.63) is 33.1 Å². The number of alkyl halides is 2. The van der Waals surface area contributed by atoms with E-state index in [0.717, 1.165) is 6.07 Å². The smallest absolute Gasteiger partial charge is 0.258 e. The number of halogens is 3. The highest BCUT2D eigenvalue weighted by atomic mass is 35.5.